The minimum Gasteiger partial charge on any atom is -0.339 e. The van der Waals surface area contributed by atoms with E-state index < -0.39 is 0 Å². The zero-order chi connectivity index (χ0) is 16.6. The van der Waals surface area contributed by atoms with Crippen molar-refractivity contribution in [3.8, 4) is 0 Å². The van der Waals surface area contributed by atoms with E-state index in [1.807, 2.05) is 6.92 Å². The van der Waals surface area contributed by atoms with Gasteiger partial charge in [0.2, 0.25) is 11.8 Å². The Kier molecular flexibility index (Phi) is 4.23. The molecular formula is C16H25N5O2. The van der Waals surface area contributed by atoms with Gasteiger partial charge in [-0.2, -0.15) is 9.97 Å². The lowest BCUT2D eigenvalue weighted by Gasteiger charge is -2.33. The van der Waals surface area contributed by atoms with Crippen molar-refractivity contribution in [2.75, 3.05) is 13.1 Å². The minimum absolute atomic E-state index is 0.0884. The van der Waals surface area contributed by atoms with Gasteiger partial charge >= 0.3 is 0 Å². The molecule has 1 fully saturated rings. The number of hydrogen-bond donors (Lipinski definition) is 0. The summed E-state index contributed by atoms with van der Waals surface area (Å²) < 4.78 is 10.8. The molecule has 0 bridgehead atoms. The van der Waals surface area contributed by atoms with Crippen molar-refractivity contribution in [3.63, 3.8) is 0 Å². The molecule has 0 aliphatic carbocycles. The lowest BCUT2D eigenvalue weighted by atomic mass is 9.96. The van der Waals surface area contributed by atoms with E-state index in [0.717, 1.165) is 37.6 Å². The van der Waals surface area contributed by atoms with Crippen molar-refractivity contribution in [2.45, 2.75) is 64.8 Å². The Balaban J connectivity index is 1.72. The highest BCUT2D eigenvalue weighted by atomic mass is 16.5. The summed E-state index contributed by atoms with van der Waals surface area (Å²) in [5.74, 6) is 3.13. The van der Waals surface area contributed by atoms with Crippen LogP contribution in [0.25, 0.3) is 0 Å². The van der Waals surface area contributed by atoms with Crippen LogP contribution in [0.1, 0.15) is 75.9 Å². The molecule has 7 nitrogen and oxygen atoms in total. The Morgan fingerprint density at radius 1 is 1.17 bits per heavy atom. The van der Waals surface area contributed by atoms with E-state index in [2.05, 4.69) is 52.9 Å². The third kappa shape index (κ3) is 3.44. The summed E-state index contributed by atoms with van der Waals surface area (Å²) >= 11 is 0. The molecule has 0 radical (unpaired) electrons. The Bertz CT molecular complexity index is 657. The fourth-order valence-corrected chi connectivity index (χ4v) is 2.90. The molecule has 2 atom stereocenters. The first-order valence-electron chi connectivity index (χ1n) is 8.23. The number of likely N-dealkylation sites (tertiary alicyclic amines) is 1. The van der Waals surface area contributed by atoms with E-state index in [-0.39, 0.29) is 17.4 Å². The first kappa shape index (κ1) is 16.1. The lowest BCUT2D eigenvalue weighted by molar-refractivity contribution is 0.122. The Morgan fingerprint density at radius 2 is 1.96 bits per heavy atom. The van der Waals surface area contributed by atoms with Crippen LogP contribution in [0.5, 0.6) is 0 Å². The Morgan fingerprint density at radius 3 is 2.57 bits per heavy atom. The third-order valence-corrected chi connectivity index (χ3v) is 4.36. The molecule has 23 heavy (non-hydrogen) atoms. The van der Waals surface area contributed by atoms with E-state index in [1.165, 1.54) is 0 Å². The van der Waals surface area contributed by atoms with Crippen LogP contribution in [-0.2, 0) is 5.41 Å². The molecule has 1 saturated heterocycles. The Hall–Kier alpha value is -1.76. The predicted octanol–water partition coefficient (Wildman–Crippen LogP) is 3.00. The highest BCUT2D eigenvalue weighted by molar-refractivity contribution is 5.03. The van der Waals surface area contributed by atoms with E-state index in [9.17, 15) is 0 Å². The van der Waals surface area contributed by atoms with E-state index in [0.29, 0.717) is 11.7 Å². The van der Waals surface area contributed by atoms with Crippen LogP contribution in [0.3, 0.4) is 0 Å². The largest absolute Gasteiger partial charge is 0.339 e. The van der Waals surface area contributed by atoms with Gasteiger partial charge in [0, 0.05) is 12.0 Å². The van der Waals surface area contributed by atoms with Crippen molar-refractivity contribution in [2.24, 2.45) is 0 Å². The smallest absolute Gasteiger partial charge is 0.243 e. The van der Waals surface area contributed by atoms with Gasteiger partial charge < -0.3 is 9.05 Å². The summed E-state index contributed by atoms with van der Waals surface area (Å²) in [6, 6.07) is 0.0884. The lowest BCUT2D eigenvalue weighted by Crippen LogP contribution is -2.36. The molecule has 3 rings (SSSR count). The molecule has 0 N–H and O–H groups in total. The van der Waals surface area contributed by atoms with Gasteiger partial charge in [0.25, 0.3) is 0 Å². The topological polar surface area (TPSA) is 81.1 Å². The summed E-state index contributed by atoms with van der Waals surface area (Å²) in [7, 11) is 0. The first-order valence-corrected chi connectivity index (χ1v) is 8.23. The van der Waals surface area contributed by atoms with Crippen molar-refractivity contribution in [1.29, 1.82) is 0 Å². The second kappa shape index (κ2) is 6.03. The van der Waals surface area contributed by atoms with Crippen LogP contribution < -0.4 is 0 Å². The predicted molar refractivity (Wildman–Crippen MR) is 84.0 cm³/mol. The Labute approximate surface area is 136 Å². The highest BCUT2D eigenvalue weighted by Crippen LogP contribution is 2.31. The van der Waals surface area contributed by atoms with Crippen LogP contribution in [0.4, 0.5) is 0 Å². The molecule has 0 amide bonds. The number of piperidine rings is 1. The van der Waals surface area contributed by atoms with Gasteiger partial charge in [-0.15, -0.1) is 0 Å². The van der Waals surface area contributed by atoms with Crippen molar-refractivity contribution < 1.29 is 9.05 Å². The number of nitrogens with zero attached hydrogens (tertiary/aromatic N) is 5. The van der Waals surface area contributed by atoms with Crippen LogP contribution in [0.2, 0.25) is 0 Å². The monoisotopic (exact) mass is 319 g/mol. The normalized spacial score (nSPS) is 21.5. The molecule has 126 valence electrons. The molecule has 0 unspecified atom stereocenters. The molecular weight excluding hydrogens is 294 g/mol. The highest BCUT2D eigenvalue weighted by Gasteiger charge is 2.31. The van der Waals surface area contributed by atoms with E-state index in [4.69, 9.17) is 9.05 Å². The number of rotatable bonds is 3. The van der Waals surface area contributed by atoms with Crippen molar-refractivity contribution in [1.82, 2.24) is 25.2 Å². The van der Waals surface area contributed by atoms with Crippen LogP contribution in [0.15, 0.2) is 9.05 Å². The molecule has 2 aromatic heterocycles. The molecule has 0 saturated carbocycles. The molecule has 3 heterocycles. The number of aryl methyl sites for hydroxylation is 1. The summed E-state index contributed by atoms with van der Waals surface area (Å²) in [6.07, 6.45) is 2.17. The van der Waals surface area contributed by atoms with E-state index in [1.54, 1.807) is 0 Å². The summed E-state index contributed by atoms with van der Waals surface area (Å²) in [5, 5.41) is 8.03. The summed E-state index contributed by atoms with van der Waals surface area (Å²) in [4.78, 5) is 11.3. The van der Waals surface area contributed by atoms with Gasteiger partial charge in [-0.05, 0) is 33.2 Å². The average Bonchev–Trinajstić information content (AvgIpc) is 3.15. The maximum Gasteiger partial charge on any atom is 0.243 e. The van der Waals surface area contributed by atoms with Gasteiger partial charge in [-0.1, -0.05) is 31.1 Å². The summed E-state index contributed by atoms with van der Waals surface area (Å²) in [5.41, 5.74) is -0.104. The number of hydrogen-bond acceptors (Lipinski definition) is 7. The molecule has 0 aromatic carbocycles. The molecule has 0 spiro atoms. The van der Waals surface area contributed by atoms with Crippen molar-refractivity contribution >= 4 is 0 Å². The van der Waals surface area contributed by atoms with Gasteiger partial charge in [0.15, 0.2) is 11.6 Å². The van der Waals surface area contributed by atoms with Gasteiger partial charge in [0.1, 0.15) is 0 Å². The zero-order valence-corrected chi connectivity index (χ0v) is 14.5. The molecule has 7 heteroatoms. The zero-order valence-electron chi connectivity index (χ0n) is 14.5. The second-order valence-corrected chi connectivity index (χ2v) is 7.40. The minimum atomic E-state index is -0.104. The SMILES string of the molecule is Cc1noc([C@H]2CCCN([C@@H](C)c3nc(C(C)(C)C)no3)C2)n1. The number of aromatic nitrogens is 4. The average molecular weight is 319 g/mol. The molecule has 2 aromatic rings. The fourth-order valence-electron chi connectivity index (χ4n) is 2.90. The van der Waals surface area contributed by atoms with Crippen LogP contribution in [0, 0.1) is 6.92 Å². The third-order valence-electron chi connectivity index (χ3n) is 4.36. The second-order valence-electron chi connectivity index (χ2n) is 7.40. The standard InChI is InChI=1S/C16H25N5O2/c1-10(13-18-15(20-22-13)16(3,4)5)21-8-6-7-12(9-21)14-17-11(2)19-23-14/h10,12H,6-9H2,1-5H3/t10-,12-/m0/s1. The van der Waals surface area contributed by atoms with E-state index >= 15 is 0 Å². The molecule has 1 aliphatic rings. The maximum absolute atomic E-state index is 5.50. The summed E-state index contributed by atoms with van der Waals surface area (Å²) in [6.45, 7) is 12.1. The van der Waals surface area contributed by atoms with Crippen molar-refractivity contribution in [3.05, 3.63) is 23.4 Å². The molecule has 1 aliphatic heterocycles. The quantitative estimate of drug-likeness (QED) is 0.860. The van der Waals surface area contributed by atoms with Crippen LogP contribution in [-0.4, -0.2) is 38.3 Å². The van der Waals surface area contributed by atoms with Gasteiger partial charge in [0.05, 0.1) is 12.0 Å². The maximum atomic E-state index is 5.50. The fraction of sp³-hybridized carbons (Fsp3) is 0.750. The van der Waals surface area contributed by atoms with Crippen LogP contribution >= 0.6 is 0 Å². The van der Waals surface area contributed by atoms with Gasteiger partial charge in [-0.25, -0.2) is 0 Å². The first-order chi connectivity index (χ1) is 10.8. The van der Waals surface area contributed by atoms with Gasteiger partial charge in [-0.3, -0.25) is 4.90 Å².